The minimum atomic E-state index is 0.641. The van der Waals surface area contributed by atoms with Crippen LogP contribution in [-0.2, 0) is 6.54 Å². The van der Waals surface area contributed by atoms with E-state index >= 15 is 0 Å². The molecule has 4 heterocycles. The van der Waals surface area contributed by atoms with Gasteiger partial charge in [-0.1, -0.05) is 28.9 Å². The molecule has 7 nitrogen and oxygen atoms in total. The molecule has 1 aromatic carbocycles. The minimum absolute atomic E-state index is 0.641. The van der Waals surface area contributed by atoms with Crippen LogP contribution in [0, 0.1) is 18.8 Å². The van der Waals surface area contributed by atoms with Crippen molar-refractivity contribution in [3.8, 4) is 11.3 Å². The molecule has 2 aromatic heterocycles. The molecule has 2 saturated heterocycles. The van der Waals surface area contributed by atoms with Crippen molar-refractivity contribution in [2.45, 2.75) is 13.5 Å². The maximum absolute atomic E-state index is 5.96. The van der Waals surface area contributed by atoms with Crippen LogP contribution < -0.4 is 4.90 Å². The summed E-state index contributed by atoms with van der Waals surface area (Å²) in [5.74, 6) is 3.63. The van der Waals surface area contributed by atoms with E-state index in [0.717, 1.165) is 54.8 Å². The number of aromatic nitrogens is 4. The van der Waals surface area contributed by atoms with Crippen LogP contribution >= 0.6 is 11.6 Å². The van der Waals surface area contributed by atoms with E-state index in [1.165, 1.54) is 0 Å². The zero-order valence-corrected chi connectivity index (χ0v) is 16.4. The Morgan fingerprint density at radius 1 is 1.04 bits per heavy atom. The van der Waals surface area contributed by atoms with E-state index in [2.05, 4.69) is 29.9 Å². The fourth-order valence-corrected chi connectivity index (χ4v) is 4.38. The summed E-state index contributed by atoms with van der Waals surface area (Å²) in [5, 5.41) is 4.60. The number of hydrogen-bond acceptors (Lipinski definition) is 7. The van der Waals surface area contributed by atoms with Crippen LogP contribution in [0.4, 0.5) is 5.82 Å². The number of benzene rings is 1. The summed E-state index contributed by atoms with van der Waals surface area (Å²) < 4.78 is 5.25. The third-order valence-corrected chi connectivity index (χ3v) is 5.84. The molecule has 0 amide bonds. The van der Waals surface area contributed by atoms with Crippen LogP contribution in [0.3, 0.4) is 0 Å². The highest BCUT2D eigenvalue weighted by Gasteiger charge is 2.40. The predicted molar refractivity (Wildman–Crippen MR) is 106 cm³/mol. The number of hydrogen-bond donors (Lipinski definition) is 0. The first kappa shape index (κ1) is 17.6. The maximum Gasteiger partial charge on any atom is 0.240 e. The predicted octanol–water partition coefficient (Wildman–Crippen LogP) is 3.06. The van der Waals surface area contributed by atoms with Crippen LogP contribution in [0.1, 0.15) is 11.7 Å². The fraction of sp³-hybridized carbons (Fsp3) is 0.400. The maximum atomic E-state index is 5.96. The van der Waals surface area contributed by atoms with Crippen LogP contribution in [0.15, 0.2) is 41.2 Å². The number of halogens is 1. The lowest BCUT2D eigenvalue weighted by Crippen LogP contribution is -2.29. The monoisotopic (exact) mass is 396 g/mol. The SMILES string of the molecule is Cc1noc(CN2CC3CN(c4cnc(-c5ccc(Cl)cc5)cn4)CC3C2)n1. The summed E-state index contributed by atoms with van der Waals surface area (Å²) in [5.41, 5.74) is 1.88. The Labute approximate surface area is 168 Å². The molecule has 2 aliphatic heterocycles. The molecule has 2 atom stereocenters. The van der Waals surface area contributed by atoms with E-state index in [4.69, 9.17) is 16.1 Å². The second-order valence-electron chi connectivity index (χ2n) is 7.62. The smallest absolute Gasteiger partial charge is 0.240 e. The number of likely N-dealkylation sites (tertiary alicyclic amines) is 1. The van der Waals surface area contributed by atoms with Crippen molar-refractivity contribution in [1.82, 2.24) is 25.0 Å². The molecule has 0 bridgehead atoms. The van der Waals surface area contributed by atoms with Crippen molar-refractivity contribution < 1.29 is 4.52 Å². The van der Waals surface area contributed by atoms with E-state index in [1.807, 2.05) is 43.6 Å². The second-order valence-corrected chi connectivity index (χ2v) is 8.06. The van der Waals surface area contributed by atoms with Gasteiger partial charge in [0.05, 0.1) is 24.6 Å². The van der Waals surface area contributed by atoms with Crippen molar-refractivity contribution in [2.75, 3.05) is 31.1 Å². The summed E-state index contributed by atoms with van der Waals surface area (Å²) in [7, 11) is 0. The van der Waals surface area contributed by atoms with Gasteiger partial charge in [-0.15, -0.1) is 0 Å². The van der Waals surface area contributed by atoms with Gasteiger partial charge in [-0.2, -0.15) is 4.98 Å². The molecule has 0 aliphatic carbocycles. The normalized spacial score (nSPS) is 22.0. The summed E-state index contributed by atoms with van der Waals surface area (Å²) in [6.45, 7) is 6.72. The molecule has 5 rings (SSSR count). The molecule has 2 fully saturated rings. The van der Waals surface area contributed by atoms with E-state index < -0.39 is 0 Å². The largest absolute Gasteiger partial charge is 0.355 e. The van der Waals surface area contributed by atoms with Crippen molar-refractivity contribution in [2.24, 2.45) is 11.8 Å². The molecule has 3 aromatic rings. The lowest BCUT2D eigenvalue weighted by atomic mass is 10.0. The number of fused-ring (bicyclic) bond motifs is 1. The van der Waals surface area contributed by atoms with Crippen molar-refractivity contribution in [3.63, 3.8) is 0 Å². The number of anilines is 1. The third kappa shape index (κ3) is 3.47. The molecule has 0 spiro atoms. The molecular weight excluding hydrogens is 376 g/mol. The van der Waals surface area contributed by atoms with E-state index in [0.29, 0.717) is 23.6 Å². The van der Waals surface area contributed by atoms with Gasteiger partial charge in [0.15, 0.2) is 5.82 Å². The first-order chi connectivity index (χ1) is 13.6. The quantitative estimate of drug-likeness (QED) is 0.671. The number of nitrogens with zero attached hydrogens (tertiary/aromatic N) is 6. The lowest BCUT2D eigenvalue weighted by molar-refractivity contribution is 0.255. The molecule has 144 valence electrons. The van der Waals surface area contributed by atoms with Crippen molar-refractivity contribution in [3.05, 3.63) is 53.4 Å². The number of aryl methyl sites for hydroxylation is 1. The number of rotatable bonds is 4. The summed E-state index contributed by atoms with van der Waals surface area (Å²) >= 11 is 5.96. The minimum Gasteiger partial charge on any atom is -0.355 e. The average Bonchev–Trinajstić information content (AvgIpc) is 3.38. The summed E-state index contributed by atoms with van der Waals surface area (Å²) in [4.78, 5) is 18.3. The third-order valence-electron chi connectivity index (χ3n) is 5.59. The summed E-state index contributed by atoms with van der Waals surface area (Å²) in [6, 6.07) is 7.67. The highest BCUT2D eigenvalue weighted by molar-refractivity contribution is 6.30. The highest BCUT2D eigenvalue weighted by Crippen LogP contribution is 2.34. The van der Waals surface area contributed by atoms with Crippen LogP contribution in [0.25, 0.3) is 11.3 Å². The Kier molecular flexibility index (Phi) is 4.49. The van der Waals surface area contributed by atoms with Gasteiger partial charge in [-0.05, 0) is 30.9 Å². The lowest BCUT2D eigenvalue weighted by Gasteiger charge is -2.21. The van der Waals surface area contributed by atoms with Gasteiger partial charge in [0.1, 0.15) is 5.82 Å². The van der Waals surface area contributed by atoms with Gasteiger partial charge in [-0.25, -0.2) is 4.98 Å². The summed E-state index contributed by atoms with van der Waals surface area (Å²) in [6.07, 6.45) is 3.72. The topological polar surface area (TPSA) is 71.2 Å². The first-order valence-electron chi connectivity index (χ1n) is 9.48. The molecule has 0 N–H and O–H groups in total. The Morgan fingerprint density at radius 3 is 2.39 bits per heavy atom. The second kappa shape index (κ2) is 7.14. The van der Waals surface area contributed by atoms with Gasteiger partial charge in [0, 0.05) is 36.8 Å². The van der Waals surface area contributed by atoms with Gasteiger partial charge in [-0.3, -0.25) is 9.88 Å². The Morgan fingerprint density at radius 2 is 1.79 bits per heavy atom. The Hall–Kier alpha value is -2.51. The molecule has 0 saturated carbocycles. The Bertz CT molecular complexity index is 944. The zero-order valence-electron chi connectivity index (χ0n) is 15.6. The van der Waals surface area contributed by atoms with Crippen LogP contribution in [0.2, 0.25) is 5.02 Å². The standard InChI is InChI=1S/C20H21ClN6O/c1-13-24-20(28-25-13)12-26-8-15-10-27(11-16(15)9-26)19-7-22-18(6-23-19)14-2-4-17(21)5-3-14/h2-7,15-16H,8-12H2,1H3. The van der Waals surface area contributed by atoms with Crippen LogP contribution in [0.5, 0.6) is 0 Å². The van der Waals surface area contributed by atoms with Crippen molar-refractivity contribution in [1.29, 1.82) is 0 Å². The van der Waals surface area contributed by atoms with Gasteiger partial charge in [0.25, 0.3) is 0 Å². The first-order valence-corrected chi connectivity index (χ1v) is 9.86. The van der Waals surface area contributed by atoms with Gasteiger partial charge in [0.2, 0.25) is 5.89 Å². The molecule has 8 heteroatoms. The molecule has 2 aliphatic rings. The molecule has 0 radical (unpaired) electrons. The van der Waals surface area contributed by atoms with E-state index in [-0.39, 0.29) is 0 Å². The Balaban J connectivity index is 1.21. The molecule has 28 heavy (non-hydrogen) atoms. The zero-order chi connectivity index (χ0) is 19.1. The highest BCUT2D eigenvalue weighted by atomic mass is 35.5. The van der Waals surface area contributed by atoms with Crippen LogP contribution in [-0.4, -0.2) is 51.2 Å². The molecule has 2 unspecified atom stereocenters. The van der Waals surface area contributed by atoms with Gasteiger partial charge < -0.3 is 9.42 Å². The fourth-order valence-electron chi connectivity index (χ4n) is 4.26. The average molecular weight is 397 g/mol. The van der Waals surface area contributed by atoms with E-state index in [1.54, 1.807) is 0 Å². The van der Waals surface area contributed by atoms with E-state index in [9.17, 15) is 0 Å². The molecular formula is C20H21ClN6O. The van der Waals surface area contributed by atoms with Gasteiger partial charge >= 0.3 is 0 Å². The van der Waals surface area contributed by atoms with Crippen molar-refractivity contribution >= 4 is 17.4 Å².